The van der Waals surface area contributed by atoms with Gasteiger partial charge < -0.3 is 0 Å². The topological polar surface area (TPSA) is 43.6 Å². The molecule has 0 radical (unpaired) electrons. The molecule has 4 aromatic rings. The fourth-order valence-corrected chi connectivity index (χ4v) is 2.95. The highest BCUT2D eigenvalue weighted by molar-refractivity contribution is 7.09. The number of hydrogen-bond acceptors (Lipinski definition) is 4. The van der Waals surface area contributed by atoms with Crippen LogP contribution in [-0.4, -0.2) is 19.5 Å². The molecule has 4 heterocycles. The summed E-state index contributed by atoms with van der Waals surface area (Å²) in [5.41, 5.74) is 2.93. The van der Waals surface area contributed by atoms with Crippen molar-refractivity contribution in [2.45, 2.75) is 6.92 Å². The quantitative estimate of drug-likeness (QED) is 0.563. The molecule has 102 valence electrons. The molecule has 21 heavy (non-hydrogen) atoms. The van der Waals surface area contributed by atoms with Crippen molar-refractivity contribution >= 4 is 22.4 Å². The van der Waals surface area contributed by atoms with Crippen LogP contribution in [0.5, 0.6) is 0 Å². The highest BCUT2D eigenvalue weighted by atomic mass is 32.1. The maximum atomic E-state index is 4.54. The molecule has 0 aliphatic rings. The van der Waals surface area contributed by atoms with Crippen LogP contribution in [0.4, 0.5) is 0 Å². The minimum atomic E-state index is 0.861. The summed E-state index contributed by atoms with van der Waals surface area (Å²) < 4.78 is 1.99. The first-order valence-corrected chi connectivity index (χ1v) is 7.50. The minimum Gasteiger partial charge on any atom is -0.285 e. The number of aryl methyl sites for hydroxylation is 1. The first-order chi connectivity index (χ1) is 10.3. The van der Waals surface area contributed by atoms with Gasteiger partial charge in [-0.25, -0.2) is 15.0 Å². The molecule has 0 bridgehead atoms. The third-order valence-electron chi connectivity index (χ3n) is 3.36. The predicted molar refractivity (Wildman–Crippen MR) is 84.7 cm³/mol. The highest BCUT2D eigenvalue weighted by Gasteiger charge is 2.06. The van der Waals surface area contributed by atoms with Gasteiger partial charge in [0.1, 0.15) is 11.5 Å². The lowest BCUT2D eigenvalue weighted by Crippen LogP contribution is -1.96. The molecule has 5 heteroatoms. The van der Waals surface area contributed by atoms with Gasteiger partial charge in [0, 0.05) is 34.9 Å². The average molecular weight is 292 g/mol. The first-order valence-electron chi connectivity index (χ1n) is 6.62. The van der Waals surface area contributed by atoms with Gasteiger partial charge in [-0.2, -0.15) is 0 Å². The maximum absolute atomic E-state index is 4.54. The van der Waals surface area contributed by atoms with E-state index in [1.165, 1.54) is 0 Å². The summed E-state index contributed by atoms with van der Waals surface area (Å²) in [6, 6.07) is 10.1. The Kier molecular flexibility index (Phi) is 2.79. The number of hydrogen-bond donors (Lipinski definition) is 0. The molecule has 0 atom stereocenters. The molecule has 0 aromatic carbocycles. The SMILES string of the molecule is Cc1nc(-c2ccc(-n3ccc4cccnc43)nc2)cs1. The lowest BCUT2D eigenvalue weighted by Gasteiger charge is -2.04. The van der Waals surface area contributed by atoms with Crippen molar-refractivity contribution in [3.63, 3.8) is 0 Å². The van der Waals surface area contributed by atoms with E-state index >= 15 is 0 Å². The Morgan fingerprint density at radius 2 is 2.05 bits per heavy atom. The van der Waals surface area contributed by atoms with Crippen LogP contribution < -0.4 is 0 Å². The Morgan fingerprint density at radius 1 is 1.10 bits per heavy atom. The van der Waals surface area contributed by atoms with E-state index in [1.54, 1.807) is 17.5 Å². The van der Waals surface area contributed by atoms with Gasteiger partial charge >= 0.3 is 0 Å². The largest absolute Gasteiger partial charge is 0.285 e. The molecule has 0 spiro atoms. The van der Waals surface area contributed by atoms with Gasteiger partial charge in [0.05, 0.1) is 10.7 Å². The normalized spacial score (nSPS) is 11.1. The van der Waals surface area contributed by atoms with Crippen molar-refractivity contribution in [2.75, 3.05) is 0 Å². The molecule has 0 fully saturated rings. The van der Waals surface area contributed by atoms with E-state index in [9.17, 15) is 0 Å². The Bertz CT molecular complexity index is 905. The minimum absolute atomic E-state index is 0.861. The molecule has 4 rings (SSSR count). The smallest absolute Gasteiger partial charge is 0.145 e. The van der Waals surface area contributed by atoms with Crippen molar-refractivity contribution in [2.24, 2.45) is 0 Å². The van der Waals surface area contributed by atoms with Crippen LogP contribution in [-0.2, 0) is 0 Å². The summed E-state index contributed by atoms with van der Waals surface area (Å²) in [5.74, 6) is 0.861. The molecule has 0 aliphatic heterocycles. The van der Waals surface area contributed by atoms with E-state index in [0.717, 1.165) is 33.1 Å². The van der Waals surface area contributed by atoms with Gasteiger partial charge in [0.25, 0.3) is 0 Å². The van der Waals surface area contributed by atoms with Crippen molar-refractivity contribution in [1.29, 1.82) is 0 Å². The van der Waals surface area contributed by atoms with Crippen molar-refractivity contribution in [1.82, 2.24) is 19.5 Å². The van der Waals surface area contributed by atoms with Crippen LogP contribution in [0.15, 0.2) is 54.3 Å². The van der Waals surface area contributed by atoms with E-state index in [-0.39, 0.29) is 0 Å². The van der Waals surface area contributed by atoms with Crippen molar-refractivity contribution < 1.29 is 0 Å². The second kappa shape index (κ2) is 4.79. The lowest BCUT2D eigenvalue weighted by molar-refractivity contribution is 1.02. The first kappa shape index (κ1) is 12.2. The Labute approximate surface area is 125 Å². The summed E-state index contributed by atoms with van der Waals surface area (Å²) in [6.45, 7) is 2.01. The monoisotopic (exact) mass is 292 g/mol. The number of thiazole rings is 1. The standard InChI is InChI=1S/C16H12N4S/c1-11-19-14(10-21-11)13-4-5-15(18-9-13)20-8-6-12-3-2-7-17-16(12)20/h2-10H,1H3. The molecular formula is C16H12N4S. The third kappa shape index (κ3) is 2.11. The van der Waals surface area contributed by atoms with Crippen LogP contribution in [0.25, 0.3) is 28.1 Å². The van der Waals surface area contributed by atoms with Crippen LogP contribution in [0.2, 0.25) is 0 Å². The Balaban J connectivity index is 1.76. The molecule has 0 amide bonds. The van der Waals surface area contributed by atoms with E-state index in [1.807, 2.05) is 54.2 Å². The number of nitrogens with zero attached hydrogens (tertiary/aromatic N) is 4. The predicted octanol–water partition coefficient (Wildman–Crippen LogP) is 3.85. The van der Waals surface area contributed by atoms with Gasteiger partial charge in [0.15, 0.2) is 0 Å². The summed E-state index contributed by atoms with van der Waals surface area (Å²) in [5, 5.41) is 4.23. The molecular weight excluding hydrogens is 280 g/mol. The van der Waals surface area contributed by atoms with Crippen molar-refractivity contribution in [3.05, 3.63) is 59.3 Å². The van der Waals surface area contributed by atoms with Gasteiger partial charge in [-0.1, -0.05) is 0 Å². The summed E-state index contributed by atoms with van der Waals surface area (Å²) >= 11 is 1.65. The Morgan fingerprint density at radius 3 is 2.81 bits per heavy atom. The second-order valence-electron chi connectivity index (χ2n) is 4.76. The van der Waals surface area contributed by atoms with E-state index in [2.05, 4.69) is 20.3 Å². The van der Waals surface area contributed by atoms with Crippen LogP contribution in [0.3, 0.4) is 0 Å². The van der Waals surface area contributed by atoms with Crippen LogP contribution in [0.1, 0.15) is 5.01 Å². The fourth-order valence-electron chi connectivity index (χ4n) is 2.33. The number of fused-ring (bicyclic) bond motifs is 1. The summed E-state index contributed by atoms with van der Waals surface area (Å²) in [7, 11) is 0. The maximum Gasteiger partial charge on any atom is 0.145 e. The molecule has 0 aliphatic carbocycles. The van der Waals surface area contributed by atoms with E-state index < -0.39 is 0 Å². The Hall–Kier alpha value is -2.53. The molecule has 4 aromatic heterocycles. The summed E-state index contributed by atoms with van der Waals surface area (Å²) in [4.78, 5) is 13.4. The zero-order chi connectivity index (χ0) is 14.2. The zero-order valence-corrected chi connectivity index (χ0v) is 12.2. The fraction of sp³-hybridized carbons (Fsp3) is 0.0625. The van der Waals surface area contributed by atoms with Gasteiger partial charge in [-0.05, 0) is 37.3 Å². The third-order valence-corrected chi connectivity index (χ3v) is 4.13. The van der Waals surface area contributed by atoms with Gasteiger partial charge in [-0.3, -0.25) is 4.57 Å². The molecule has 0 unspecified atom stereocenters. The second-order valence-corrected chi connectivity index (χ2v) is 5.82. The number of rotatable bonds is 2. The molecule has 0 saturated carbocycles. The molecule has 0 saturated heterocycles. The molecule has 0 N–H and O–H groups in total. The van der Waals surface area contributed by atoms with Crippen molar-refractivity contribution in [3.8, 4) is 17.1 Å². The van der Waals surface area contributed by atoms with E-state index in [4.69, 9.17) is 0 Å². The van der Waals surface area contributed by atoms with Crippen LogP contribution >= 0.6 is 11.3 Å². The molecule has 4 nitrogen and oxygen atoms in total. The number of pyridine rings is 2. The average Bonchev–Trinajstić information content (AvgIpc) is 3.14. The van der Waals surface area contributed by atoms with Gasteiger partial charge in [0.2, 0.25) is 0 Å². The van der Waals surface area contributed by atoms with Gasteiger partial charge in [-0.15, -0.1) is 11.3 Å². The lowest BCUT2D eigenvalue weighted by atomic mass is 10.2. The number of aromatic nitrogens is 4. The van der Waals surface area contributed by atoms with Crippen LogP contribution in [0, 0.1) is 6.92 Å². The summed E-state index contributed by atoms with van der Waals surface area (Å²) in [6.07, 6.45) is 5.65. The zero-order valence-electron chi connectivity index (χ0n) is 11.4. The highest BCUT2D eigenvalue weighted by Crippen LogP contribution is 2.22. The van der Waals surface area contributed by atoms with E-state index in [0.29, 0.717) is 0 Å².